The number of aryl methyl sites for hydroxylation is 2. The van der Waals surface area contributed by atoms with Gasteiger partial charge in [0.25, 0.3) is 0 Å². The van der Waals surface area contributed by atoms with E-state index in [4.69, 9.17) is 9.26 Å². The second-order valence-corrected chi connectivity index (χ2v) is 7.54. The van der Waals surface area contributed by atoms with Gasteiger partial charge in [-0.25, -0.2) is 0 Å². The molecule has 4 aromatic rings. The Labute approximate surface area is 178 Å². The molecule has 0 amide bonds. The van der Waals surface area contributed by atoms with Gasteiger partial charge in [0.05, 0.1) is 17.0 Å². The fourth-order valence-corrected chi connectivity index (χ4v) is 3.72. The predicted octanol–water partition coefficient (Wildman–Crippen LogP) is 4.37. The van der Waals surface area contributed by atoms with Gasteiger partial charge >= 0.3 is 5.97 Å². The van der Waals surface area contributed by atoms with Crippen LogP contribution in [-0.2, 0) is 16.1 Å². The average molecular weight is 420 g/mol. The van der Waals surface area contributed by atoms with E-state index in [-0.39, 0.29) is 18.3 Å². The number of esters is 1. The molecular weight excluding hydrogens is 400 g/mol. The maximum Gasteiger partial charge on any atom is 0.316 e. The number of hydrogen-bond acceptors (Lipinski definition) is 7. The summed E-state index contributed by atoms with van der Waals surface area (Å²) in [6, 6.07) is 19.7. The van der Waals surface area contributed by atoms with Crippen molar-refractivity contribution in [2.45, 2.75) is 25.6 Å². The molecule has 0 spiro atoms. The SMILES string of the molecule is Cc1noc(C)c1COC(=O)CSc1nnc(-c2ccccc2)n1-c1ccccc1. The van der Waals surface area contributed by atoms with E-state index < -0.39 is 0 Å². The van der Waals surface area contributed by atoms with Crippen molar-refractivity contribution in [3.63, 3.8) is 0 Å². The number of nitrogens with zero attached hydrogens (tertiary/aromatic N) is 4. The first kappa shape index (κ1) is 19.9. The highest BCUT2D eigenvalue weighted by atomic mass is 32.2. The molecular formula is C22H20N4O3S. The lowest BCUT2D eigenvalue weighted by atomic mass is 10.2. The van der Waals surface area contributed by atoms with E-state index in [9.17, 15) is 4.79 Å². The number of carbonyl (C=O) groups is 1. The molecule has 0 aliphatic rings. The van der Waals surface area contributed by atoms with Crippen LogP contribution in [0.2, 0.25) is 0 Å². The molecule has 0 radical (unpaired) electrons. The number of rotatable bonds is 7. The molecule has 7 nitrogen and oxygen atoms in total. The first-order valence-corrected chi connectivity index (χ1v) is 10.4. The monoisotopic (exact) mass is 420 g/mol. The Balaban J connectivity index is 1.51. The topological polar surface area (TPSA) is 83.0 Å². The quantitative estimate of drug-likeness (QED) is 0.324. The summed E-state index contributed by atoms with van der Waals surface area (Å²) in [4.78, 5) is 12.3. The number of ether oxygens (including phenoxy) is 1. The maximum atomic E-state index is 12.3. The maximum absolute atomic E-state index is 12.3. The summed E-state index contributed by atoms with van der Waals surface area (Å²) in [5, 5.41) is 13.2. The van der Waals surface area contributed by atoms with Crippen molar-refractivity contribution in [1.82, 2.24) is 19.9 Å². The Morgan fingerprint density at radius 2 is 1.73 bits per heavy atom. The van der Waals surface area contributed by atoms with Crippen LogP contribution < -0.4 is 0 Å². The minimum absolute atomic E-state index is 0.114. The third kappa shape index (κ3) is 4.28. The van der Waals surface area contributed by atoms with Crippen LogP contribution in [0, 0.1) is 13.8 Å². The fourth-order valence-electron chi connectivity index (χ4n) is 2.97. The second kappa shape index (κ2) is 8.96. The van der Waals surface area contributed by atoms with Crippen molar-refractivity contribution >= 4 is 17.7 Å². The first-order chi connectivity index (χ1) is 14.6. The molecule has 4 rings (SSSR count). The number of thioether (sulfide) groups is 1. The van der Waals surface area contributed by atoms with Crippen molar-refractivity contribution in [2.24, 2.45) is 0 Å². The molecule has 2 aromatic heterocycles. The molecule has 30 heavy (non-hydrogen) atoms. The van der Waals surface area contributed by atoms with Crippen molar-refractivity contribution in [2.75, 3.05) is 5.75 Å². The Hall–Kier alpha value is -3.39. The van der Waals surface area contributed by atoms with Gasteiger partial charge in [-0.1, -0.05) is 65.4 Å². The lowest BCUT2D eigenvalue weighted by Gasteiger charge is -2.10. The minimum atomic E-state index is -0.344. The molecule has 0 N–H and O–H groups in total. The molecule has 2 aromatic carbocycles. The van der Waals surface area contributed by atoms with Gasteiger partial charge in [-0.2, -0.15) is 0 Å². The van der Waals surface area contributed by atoms with Crippen LogP contribution in [0.25, 0.3) is 17.1 Å². The smallest absolute Gasteiger partial charge is 0.316 e. The summed E-state index contributed by atoms with van der Waals surface area (Å²) in [5.74, 6) is 1.14. The standard InChI is InChI=1S/C22H20N4O3S/c1-15-19(16(2)29-25-15)13-28-20(27)14-30-22-24-23-21(17-9-5-3-6-10-17)26(22)18-11-7-4-8-12-18/h3-12H,13-14H2,1-2H3. The molecule has 8 heteroatoms. The summed E-state index contributed by atoms with van der Waals surface area (Å²) < 4.78 is 12.4. The largest absolute Gasteiger partial charge is 0.460 e. The zero-order chi connectivity index (χ0) is 20.9. The molecule has 152 valence electrons. The van der Waals surface area contributed by atoms with Gasteiger partial charge in [0.1, 0.15) is 12.4 Å². The molecule has 0 fully saturated rings. The Morgan fingerprint density at radius 3 is 2.40 bits per heavy atom. The van der Waals surface area contributed by atoms with Gasteiger partial charge in [0, 0.05) is 11.3 Å². The van der Waals surface area contributed by atoms with E-state index in [1.807, 2.05) is 72.2 Å². The van der Waals surface area contributed by atoms with Gasteiger partial charge < -0.3 is 9.26 Å². The highest BCUT2D eigenvalue weighted by molar-refractivity contribution is 7.99. The van der Waals surface area contributed by atoms with Gasteiger partial charge in [-0.15, -0.1) is 10.2 Å². The van der Waals surface area contributed by atoms with Crippen LogP contribution in [0.3, 0.4) is 0 Å². The van der Waals surface area contributed by atoms with Gasteiger partial charge in [0.15, 0.2) is 11.0 Å². The predicted molar refractivity (Wildman–Crippen MR) is 113 cm³/mol. The van der Waals surface area contributed by atoms with E-state index in [0.717, 1.165) is 22.5 Å². The highest BCUT2D eigenvalue weighted by Crippen LogP contribution is 2.28. The van der Waals surface area contributed by atoms with Crippen LogP contribution >= 0.6 is 11.8 Å². The third-order valence-corrected chi connectivity index (χ3v) is 5.46. The van der Waals surface area contributed by atoms with Gasteiger partial charge in [-0.3, -0.25) is 9.36 Å². The number of carbonyl (C=O) groups excluding carboxylic acids is 1. The number of benzene rings is 2. The molecule has 0 saturated carbocycles. The zero-order valence-corrected chi connectivity index (χ0v) is 17.4. The van der Waals surface area contributed by atoms with Gasteiger partial charge in [0.2, 0.25) is 0 Å². The van der Waals surface area contributed by atoms with Crippen molar-refractivity contribution in [1.29, 1.82) is 0 Å². The lowest BCUT2D eigenvalue weighted by Crippen LogP contribution is -2.09. The van der Waals surface area contributed by atoms with E-state index in [0.29, 0.717) is 16.7 Å². The second-order valence-electron chi connectivity index (χ2n) is 6.60. The fraction of sp³-hybridized carbons (Fsp3) is 0.182. The van der Waals surface area contributed by atoms with Crippen LogP contribution in [0.5, 0.6) is 0 Å². The van der Waals surface area contributed by atoms with Gasteiger partial charge in [-0.05, 0) is 26.0 Å². The van der Waals surface area contributed by atoms with Crippen LogP contribution in [0.4, 0.5) is 0 Å². The Bertz CT molecular complexity index is 1120. The zero-order valence-electron chi connectivity index (χ0n) is 16.6. The molecule has 0 bridgehead atoms. The van der Waals surface area contributed by atoms with E-state index >= 15 is 0 Å². The van der Waals surface area contributed by atoms with Crippen molar-refractivity contribution in [3.05, 3.63) is 77.7 Å². The summed E-state index contributed by atoms with van der Waals surface area (Å²) >= 11 is 1.29. The molecule has 0 saturated heterocycles. The molecule has 2 heterocycles. The third-order valence-electron chi connectivity index (χ3n) is 4.56. The van der Waals surface area contributed by atoms with E-state index in [1.165, 1.54) is 11.8 Å². The summed E-state index contributed by atoms with van der Waals surface area (Å²) in [5.41, 5.74) is 3.39. The van der Waals surface area contributed by atoms with Crippen molar-refractivity contribution < 1.29 is 14.1 Å². The lowest BCUT2D eigenvalue weighted by molar-refractivity contribution is -0.141. The molecule has 0 atom stereocenters. The molecule has 0 unspecified atom stereocenters. The first-order valence-electron chi connectivity index (χ1n) is 9.40. The van der Waals surface area contributed by atoms with E-state index in [2.05, 4.69) is 15.4 Å². The molecule has 0 aliphatic carbocycles. The summed E-state index contributed by atoms with van der Waals surface area (Å²) in [6.45, 7) is 3.76. The molecule has 0 aliphatic heterocycles. The normalized spacial score (nSPS) is 10.9. The van der Waals surface area contributed by atoms with Crippen LogP contribution in [-0.4, -0.2) is 31.6 Å². The number of hydrogen-bond donors (Lipinski definition) is 0. The summed E-state index contributed by atoms with van der Waals surface area (Å²) in [7, 11) is 0. The number of para-hydroxylation sites is 1. The number of aromatic nitrogens is 4. The minimum Gasteiger partial charge on any atom is -0.460 e. The van der Waals surface area contributed by atoms with E-state index in [1.54, 1.807) is 6.92 Å². The average Bonchev–Trinajstić information content (AvgIpc) is 3.35. The summed E-state index contributed by atoms with van der Waals surface area (Å²) in [6.07, 6.45) is 0. The Morgan fingerprint density at radius 1 is 1.03 bits per heavy atom. The van der Waals surface area contributed by atoms with Crippen molar-refractivity contribution in [3.8, 4) is 17.1 Å². The van der Waals surface area contributed by atoms with Crippen LogP contribution in [0.1, 0.15) is 17.0 Å². The van der Waals surface area contributed by atoms with Crippen LogP contribution in [0.15, 0.2) is 70.3 Å². The highest BCUT2D eigenvalue weighted by Gasteiger charge is 2.18. The Kier molecular flexibility index (Phi) is 5.94.